The highest BCUT2D eigenvalue weighted by molar-refractivity contribution is 9.11. The van der Waals surface area contributed by atoms with Crippen molar-refractivity contribution in [2.24, 2.45) is 0 Å². The van der Waals surface area contributed by atoms with Gasteiger partial charge in [0, 0.05) is 31.5 Å². The lowest BCUT2D eigenvalue weighted by molar-refractivity contribution is -0.142. The van der Waals surface area contributed by atoms with Crippen molar-refractivity contribution in [1.29, 1.82) is 0 Å². The van der Waals surface area contributed by atoms with Crippen molar-refractivity contribution in [3.63, 3.8) is 0 Å². The van der Waals surface area contributed by atoms with Gasteiger partial charge in [0.15, 0.2) is 0 Å². The molecule has 4 N–H and O–H groups in total. The number of aliphatic carboxylic acids is 2. The van der Waals surface area contributed by atoms with Crippen molar-refractivity contribution < 1.29 is 43.3 Å². The number of alkyl halides is 1. The maximum absolute atomic E-state index is 13.4. The van der Waals surface area contributed by atoms with Crippen LogP contribution in [0.1, 0.15) is 60.9 Å². The highest BCUT2D eigenvalue weighted by Crippen LogP contribution is 2.39. The molecule has 0 spiro atoms. The summed E-state index contributed by atoms with van der Waals surface area (Å²) in [6.45, 7) is 7.15. The van der Waals surface area contributed by atoms with Gasteiger partial charge < -0.3 is 30.3 Å². The second-order valence-corrected chi connectivity index (χ2v) is 15.9. The first kappa shape index (κ1) is 44.9. The largest absolute Gasteiger partial charge is 0.487 e. The Morgan fingerprint density at radius 1 is 0.796 bits per heavy atom. The summed E-state index contributed by atoms with van der Waals surface area (Å²) in [4.78, 5) is 44.1. The van der Waals surface area contributed by atoms with E-state index in [1.165, 1.54) is 13.8 Å². The number of hydrogen-bond acceptors (Lipinski definition) is 6. The number of benzene rings is 4. The van der Waals surface area contributed by atoms with Crippen LogP contribution in [0.15, 0.2) is 78.6 Å². The third-order valence-electron chi connectivity index (χ3n) is 7.41. The van der Waals surface area contributed by atoms with E-state index >= 15 is 0 Å². The quantitative estimate of drug-likeness (QED) is 0.0975. The van der Waals surface area contributed by atoms with Gasteiger partial charge in [0.05, 0.1) is 35.0 Å². The number of nitrogens with one attached hydrogen (secondary N) is 2. The molecule has 4 aromatic rings. The van der Waals surface area contributed by atoms with Gasteiger partial charge in [0.1, 0.15) is 24.7 Å². The Hall–Kier alpha value is -3.50. The first-order valence-corrected chi connectivity index (χ1v) is 19.6. The molecule has 0 aliphatic heterocycles. The fourth-order valence-electron chi connectivity index (χ4n) is 5.05. The second kappa shape index (κ2) is 21.0. The van der Waals surface area contributed by atoms with Gasteiger partial charge in [-0.15, -0.1) is 0 Å². The van der Waals surface area contributed by atoms with Crippen LogP contribution in [0, 0.1) is 6.92 Å². The number of ether oxygens (including phenoxy) is 2. The highest BCUT2D eigenvalue weighted by atomic mass is 79.9. The number of halogens is 6. The monoisotopic (exact) mass is 1020 g/mol. The van der Waals surface area contributed by atoms with Crippen LogP contribution in [0.4, 0.5) is 15.8 Å². The SMILES string of the molecule is CC(=O)Nc1cc(C)cc(COc2c(Br)cc(C(C)CC(=O)O)cc2Br)c1.CC(=O)Nc1cccc(COc2c(Br)cc(CC(F)C(=O)O)cc2Br)c1Cl. The zero-order chi connectivity index (χ0) is 40.3. The molecule has 0 aromatic heterocycles. The number of rotatable bonds is 14. The van der Waals surface area contributed by atoms with Crippen LogP contribution in [0.2, 0.25) is 5.02 Å². The van der Waals surface area contributed by atoms with Crippen LogP contribution in [-0.4, -0.2) is 40.1 Å². The van der Waals surface area contributed by atoms with Gasteiger partial charge in [-0.25, -0.2) is 9.18 Å². The van der Waals surface area contributed by atoms with E-state index in [1.54, 1.807) is 30.3 Å². The number of carbonyl (C=O) groups excluding carboxylic acids is 2. The van der Waals surface area contributed by atoms with E-state index in [0.717, 1.165) is 31.3 Å². The minimum absolute atomic E-state index is 0.0638. The van der Waals surface area contributed by atoms with Crippen LogP contribution < -0.4 is 20.1 Å². The fourth-order valence-corrected chi connectivity index (χ4v) is 8.24. The fraction of sp³-hybridized carbons (Fsp3) is 0.263. The number of carboxylic acids is 2. The highest BCUT2D eigenvalue weighted by Gasteiger charge is 2.19. The summed E-state index contributed by atoms with van der Waals surface area (Å²) in [5, 5.41) is 23.5. The molecule has 288 valence electrons. The Morgan fingerprint density at radius 3 is 1.89 bits per heavy atom. The molecular formula is C38H36Br4ClFN2O8. The first-order valence-electron chi connectivity index (χ1n) is 16.1. The topological polar surface area (TPSA) is 151 Å². The molecule has 4 aromatic carbocycles. The molecular weight excluding hydrogens is 986 g/mol. The number of aryl methyl sites for hydroxylation is 1. The van der Waals surface area contributed by atoms with Gasteiger partial charge in [-0.3, -0.25) is 14.4 Å². The van der Waals surface area contributed by atoms with E-state index in [4.69, 9.17) is 31.3 Å². The Morgan fingerprint density at radius 2 is 1.35 bits per heavy atom. The summed E-state index contributed by atoms with van der Waals surface area (Å²) in [5.41, 5.74) is 5.25. The van der Waals surface area contributed by atoms with E-state index in [0.29, 0.717) is 48.9 Å². The average Bonchev–Trinajstić information content (AvgIpc) is 3.04. The van der Waals surface area contributed by atoms with Crippen LogP contribution in [-0.2, 0) is 38.8 Å². The smallest absolute Gasteiger partial charge is 0.338 e. The standard InChI is InChI=1S/C20H21Br2NO4.C18H15Br2ClFNO4/c1-11-4-14(7-16(5-11)23-13(3)24)10-27-20-17(21)8-15(9-18(20)22)12(2)6-19(25)26;1-9(24)23-15-4-2-3-11(16(15)21)8-27-17-12(19)5-10(6-13(17)20)7-14(22)18(25)26/h4-5,7-9,12H,6,10H2,1-3H3,(H,23,24)(H,25,26);2-6,14H,7-8H2,1H3,(H,23,24)(H,25,26). The van der Waals surface area contributed by atoms with Gasteiger partial charge in [-0.05, 0) is 141 Å². The zero-order valence-electron chi connectivity index (χ0n) is 29.4. The molecule has 0 heterocycles. The molecule has 2 unspecified atom stereocenters. The molecule has 16 heteroatoms. The van der Waals surface area contributed by atoms with Crippen molar-refractivity contribution in [2.75, 3.05) is 10.6 Å². The van der Waals surface area contributed by atoms with Gasteiger partial charge in [-0.2, -0.15) is 0 Å². The summed E-state index contributed by atoms with van der Waals surface area (Å²) in [5.74, 6) is -1.69. The molecule has 2 atom stereocenters. The Balaban J connectivity index is 0.000000290. The molecule has 0 bridgehead atoms. The third-order valence-corrected chi connectivity index (χ3v) is 10.2. The van der Waals surface area contributed by atoms with Gasteiger partial charge in [0.25, 0.3) is 0 Å². The summed E-state index contributed by atoms with van der Waals surface area (Å²) in [6, 6.07) is 17.9. The van der Waals surface area contributed by atoms with Crippen LogP contribution in [0.5, 0.6) is 11.5 Å². The Bertz CT molecular complexity index is 1990. The van der Waals surface area contributed by atoms with Crippen molar-refractivity contribution in [3.8, 4) is 11.5 Å². The maximum Gasteiger partial charge on any atom is 0.338 e. The second-order valence-electron chi connectivity index (χ2n) is 12.1. The molecule has 0 aliphatic rings. The van der Waals surface area contributed by atoms with Crippen molar-refractivity contribution in [2.45, 2.75) is 65.8 Å². The van der Waals surface area contributed by atoms with Crippen molar-refractivity contribution >= 4 is 110 Å². The number of hydrogen-bond donors (Lipinski definition) is 4. The van der Waals surface area contributed by atoms with E-state index in [9.17, 15) is 23.6 Å². The van der Waals surface area contributed by atoms with E-state index < -0.39 is 18.1 Å². The molecule has 0 radical (unpaired) electrons. The molecule has 0 saturated heterocycles. The third kappa shape index (κ3) is 14.0. The van der Waals surface area contributed by atoms with Gasteiger partial charge in [-0.1, -0.05) is 36.7 Å². The summed E-state index contributed by atoms with van der Waals surface area (Å²) in [7, 11) is 0. The molecule has 0 aliphatic carbocycles. The summed E-state index contributed by atoms with van der Waals surface area (Å²) < 4.78 is 27.8. The number of amides is 2. The number of anilines is 2. The lowest BCUT2D eigenvalue weighted by Crippen LogP contribution is -2.17. The number of carboxylic acid groups (broad SMARTS) is 2. The van der Waals surface area contributed by atoms with E-state index in [2.05, 4.69) is 74.4 Å². The predicted octanol–water partition coefficient (Wildman–Crippen LogP) is 11.0. The molecule has 4 rings (SSSR count). The van der Waals surface area contributed by atoms with Crippen molar-refractivity contribution in [3.05, 3.63) is 111 Å². The van der Waals surface area contributed by atoms with Crippen molar-refractivity contribution in [1.82, 2.24) is 0 Å². The lowest BCUT2D eigenvalue weighted by atomic mass is 9.98. The minimum Gasteiger partial charge on any atom is -0.487 e. The Labute approximate surface area is 350 Å². The van der Waals surface area contributed by atoms with Crippen LogP contribution >= 0.6 is 75.3 Å². The first-order chi connectivity index (χ1) is 25.3. The normalized spacial score (nSPS) is 11.7. The summed E-state index contributed by atoms with van der Waals surface area (Å²) in [6.07, 6.45) is -2.17. The summed E-state index contributed by atoms with van der Waals surface area (Å²) >= 11 is 20.0. The van der Waals surface area contributed by atoms with Crippen LogP contribution in [0.25, 0.3) is 0 Å². The molecule has 0 saturated carbocycles. The number of carbonyl (C=O) groups is 4. The molecule has 10 nitrogen and oxygen atoms in total. The maximum atomic E-state index is 13.4. The van der Waals surface area contributed by atoms with Crippen LogP contribution in [0.3, 0.4) is 0 Å². The zero-order valence-corrected chi connectivity index (χ0v) is 36.5. The average molecular weight is 1020 g/mol. The Kier molecular flexibility index (Phi) is 17.4. The molecule has 54 heavy (non-hydrogen) atoms. The molecule has 0 fully saturated rings. The van der Waals surface area contributed by atoms with E-state index in [1.807, 2.05) is 44.2 Å². The van der Waals surface area contributed by atoms with Gasteiger partial charge in [0.2, 0.25) is 18.0 Å². The molecule has 2 amide bonds. The predicted molar refractivity (Wildman–Crippen MR) is 220 cm³/mol. The lowest BCUT2D eigenvalue weighted by Gasteiger charge is -2.16. The minimum atomic E-state index is -1.98. The van der Waals surface area contributed by atoms with E-state index in [-0.39, 0.29) is 37.2 Å². The van der Waals surface area contributed by atoms with Gasteiger partial charge >= 0.3 is 11.9 Å².